The summed E-state index contributed by atoms with van der Waals surface area (Å²) in [6.45, 7) is 7.88. The molecule has 0 aliphatic carbocycles. The standard InChI is InChI=1S/C23H30N6O2/c1-17(2)29-23(24-25-26-29)22(18-10-11-20(30-3)21(16-18)31-4)28-14-12-27(13-15-28)19-8-6-5-7-9-19/h5-11,16-17,22H,12-15H2,1-4H3/t22-/m0/s1. The second kappa shape index (κ2) is 9.34. The van der Waals surface area contributed by atoms with Crippen LogP contribution < -0.4 is 14.4 Å². The third-order valence-corrected chi connectivity index (χ3v) is 5.78. The van der Waals surface area contributed by atoms with Crippen molar-refractivity contribution in [2.24, 2.45) is 0 Å². The molecule has 31 heavy (non-hydrogen) atoms. The molecule has 0 unspecified atom stereocenters. The fourth-order valence-electron chi connectivity index (χ4n) is 4.17. The molecule has 1 aliphatic heterocycles. The normalized spacial score (nSPS) is 15.8. The summed E-state index contributed by atoms with van der Waals surface area (Å²) in [4.78, 5) is 4.87. The zero-order valence-corrected chi connectivity index (χ0v) is 18.6. The molecule has 1 saturated heterocycles. The third-order valence-electron chi connectivity index (χ3n) is 5.78. The highest BCUT2D eigenvalue weighted by Crippen LogP contribution is 2.35. The molecule has 8 nitrogen and oxygen atoms in total. The summed E-state index contributed by atoms with van der Waals surface area (Å²) in [6.07, 6.45) is 0. The molecule has 2 heterocycles. The van der Waals surface area contributed by atoms with Crippen molar-refractivity contribution in [3.05, 3.63) is 59.9 Å². The molecule has 1 atom stereocenters. The highest BCUT2D eigenvalue weighted by atomic mass is 16.5. The Kier molecular flexibility index (Phi) is 6.36. The fraction of sp³-hybridized carbons (Fsp3) is 0.435. The minimum atomic E-state index is -0.0740. The van der Waals surface area contributed by atoms with Gasteiger partial charge in [0.2, 0.25) is 0 Å². The van der Waals surface area contributed by atoms with Crippen LogP contribution >= 0.6 is 0 Å². The molecule has 0 amide bonds. The predicted molar refractivity (Wildman–Crippen MR) is 120 cm³/mol. The molecule has 1 aliphatic rings. The van der Waals surface area contributed by atoms with Crippen LogP contribution in [0, 0.1) is 0 Å². The van der Waals surface area contributed by atoms with E-state index in [4.69, 9.17) is 9.47 Å². The SMILES string of the molecule is COc1ccc([C@@H](c2nnnn2C(C)C)N2CCN(c3ccccc3)CC2)cc1OC. The minimum Gasteiger partial charge on any atom is -0.493 e. The van der Waals surface area contributed by atoms with Gasteiger partial charge < -0.3 is 14.4 Å². The number of aromatic nitrogens is 4. The number of piperazine rings is 1. The van der Waals surface area contributed by atoms with Gasteiger partial charge in [0.05, 0.1) is 26.3 Å². The lowest BCUT2D eigenvalue weighted by Crippen LogP contribution is -2.48. The van der Waals surface area contributed by atoms with Gasteiger partial charge in [-0.05, 0) is 54.1 Å². The van der Waals surface area contributed by atoms with Crippen LogP contribution in [0.5, 0.6) is 11.5 Å². The third kappa shape index (κ3) is 4.34. The summed E-state index contributed by atoms with van der Waals surface area (Å²) >= 11 is 0. The van der Waals surface area contributed by atoms with E-state index in [1.807, 2.05) is 16.8 Å². The summed E-state index contributed by atoms with van der Waals surface area (Å²) < 4.78 is 12.9. The van der Waals surface area contributed by atoms with Gasteiger partial charge in [-0.3, -0.25) is 4.90 Å². The van der Waals surface area contributed by atoms with Crippen LogP contribution in [0.2, 0.25) is 0 Å². The van der Waals surface area contributed by atoms with Crippen LogP contribution in [0.4, 0.5) is 5.69 Å². The second-order valence-electron chi connectivity index (χ2n) is 7.95. The lowest BCUT2D eigenvalue weighted by atomic mass is 10.0. The quantitative estimate of drug-likeness (QED) is 0.579. The first kappa shape index (κ1) is 21.1. The predicted octanol–water partition coefficient (Wildman–Crippen LogP) is 3.18. The Bertz CT molecular complexity index is 983. The first-order valence-corrected chi connectivity index (χ1v) is 10.7. The molecule has 0 saturated carbocycles. The van der Waals surface area contributed by atoms with Crippen LogP contribution in [0.1, 0.15) is 37.3 Å². The van der Waals surface area contributed by atoms with Crippen LogP contribution in [0.3, 0.4) is 0 Å². The van der Waals surface area contributed by atoms with E-state index in [9.17, 15) is 0 Å². The Morgan fingerprint density at radius 3 is 2.23 bits per heavy atom. The molecule has 0 spiro atoms. The number of methoxy groups -OCH3 is 2. The zero-order valence-electron chi connectivity index (χ0n) is 18.6. The van der Waals surface area contributed by atoms with Crippen LogP contribution in [0.25, 0.3) is 0 Å². The van der Waals surface area contributed by atoms with Crippen LogP contribution in [0.15, 0.2) is 48.5 Å². The number of para-hydroxylation sites is 1. The Balaban J connectivity index is 1.66. The van der Waals surface area contributed by atoms with E-state index in [-0.39, 0.29) is 12.1 Å². The number of nitrogens with zero attached hydrogens (tertiary/aromatic N) is 6. The summed E-state index contributed by atoms with van der Waals surface area (Å²) in [5.41, 5.74) is 2.35. The number of benzene rings is 2. The summed E-state index contributed by atoms with van der Waals surface area (Å²) in [5.74, 6) is 2.26. The first-order chi connectivity index (χ1) is 15.1. The lowest BCUT2D eigenvalue weighted by Gasteiger charge is -2.40. The molecule has 0 N–H and O–H groups in total. The van der Waals surface area contributed by atoms with E-state index in [0.29, 0.717) is 11.5 Å². The molecule has 1 fully saturated rings. The van der Waals surface area contributed by atoms with Crippen molar-refractivity contribution < 1.29 is 9.47 Å². The maximum atomic E-state index is 5.57. The van der Waals surface area contributed by atoms with E-state index in [1.165, 1.54) is 5.69 Å². The van der Waals surface area contributed by atoms with Gasteiger partial charge in [-0.2, -0.15) is 0 Å². The maximum absolute atomic E-state index is 5.57. The number of hydrogen-bond acceptors (Lipinski definition) is 7. The molecule has 0 radical (unpaired) electrons. The number of anilines is 1. The number of hydrogen-bond donors (Lipinski definition) is 0. The van der Waals surface area contributed by atoms with Crippen molar-refractivity contribution in [3.63, 3.8) is 0 Å². The van der Waals surface area contributed by atoms with Crippen molar-refractivity contribution in [2.45, 2.75) is 25.9 Å². The van der Waals surface area contributed by atoms with Crippen molar-refractivity contribution in [1.29, 1.82) is 0 Å². The van der Waals surface area contributed by atoms with E-state index < -0.39 is 0 Å². The van der Waals surface area contributed by atoms with Gasteiger partial charge in [-0.1, -0.05) is 24.3 Å². The van der Waals surface area contributed by atoms with Gasteiger partial charge in [0.1, 0.15) is 0 Å². The van der Waals surface area contributed by atoms with Gasteiger partial charge in [-0.15, -0.1) is 5.10 Å². The molecule has 164 valence electrons. The van der Waals surface area contributed by atoms with Gasteiger partial charge in [0.25, 0.3) is 0 Å². The molecule has 0 bridgehead atoms. The van der Waals surface area contributed by atoms with Crippen molar-refractivity contribution in [3.8, 4) is 11.5 Å². The first-order valence-electron chi connectivity index (χ1n) is 10.7. The summed E-state index contributed by atoms with van der Waals surface area (Å²) in [6, 6.07) is 16.7. The monoisotopic (exact) mass is 422 g/mol. The van der Waals surface area contributed by atoms with Gasteiger partial charge >= 0.3 is 0 Å². The van der Waals surface area contributed by atoms with E-state index >= 15 is 0 Å². The fourth-order valence-corrected chi connectivity index (χ4v) is 4.17. The molecule has 3 aromatic rings. The van der Waals surface area contributed by atoms with Crippen molar-refractivity contribution >= 4 is 5.69 Å². The maximum Gasteiger partial charge on any atom is 0.173 e. The van der Waals surface area contributed by atoms with Gasteiger partial charge in [0.15, 0.2) is 17.3 Å². The smallest absolute Gasteiger partial charge is 0.173 e. The van der Waals surface area contributed by atoms with E-state index in [1.54, 1.807) is 14.2 Å². The largest absolute Gasteiger partial charge is 0.493 e. The zero-order chi connectivity index (χ0) is 21.8. The molecule has 2 aromatic carbocycles. The van der Waals surface area contributed by atoms with Crippen LogP contribution in [-0.2, 0) is 0 Å². The van der Waals surface area contributed by atoms with Crippen LogP contribution in [-0.4, -0.2) is 65.5 Å². The Hall–Kier alpha value is -3.13. The van der Waals surface area contributed by atoms with Gasteiger partial charge in [-0.25, -0.2) is 4.68 Å². The highest BCUT2D eigenvalue weighted by Gasteiger charge is 2.32. The van der Waals surface area contributed by atoms with Crippen molar-refractivity contribution in [1.82, 2.24) is 25.1 Å². The Morgan fingerprint density at radius 2 is 1.58 bits per heavy atom. The average molecular weight is 423 g/mol. The minimum absolute atomic E-state index is 0.0740. The van der Waals surface area contributed by atoms with Crippen molar-refractivity contribution in [2.75, 3.05) is 45.3 Å². The van der Waals surface area contributed by atoms with E-state index in [0.717, 1.165) is 37.6 Å². The average Bonchev–Trinajstić information content (AvgIpc) is 3.30. The Labute approximate surface area is 183 Å². The topological polar surface area (TPSA) is 68.5 Å². The molecule has 8 heteroatoms. The number of tetrazole rings is 1. The molecular weight excluding hydrogens is 392 g/mol. The summed E-state index contributed by atoms with van der Waals surface area (Å²) in [7, 11) is 3.31. The van der Waals surface area contributed by atoms with Gasteiger partial charge in [0, 0.05) is 31.9 Å². The van der Waals surface area contributed by atoms with E-state index in [2.05, 4.69) is 75.6 Å². The lowest BCUT2D eigenvalue weighted by molar-refractivity contribution is 0.198. The molecule has 1 aromatic heterocycles. The highest BCUT2D eigenvalue weighted by molar-refractivity contribution is 5.47. The number of rotatable bonds is 7. The summed E-state index contributed by atoms with van der Waals surface area (Å²) in [5, 5.41) is 12.7. The Morgan fingerprint density at radius 1 is 0.871 bits per heavy atom. The molecule has 4 rings (SSSR count). The number of ether oxygens (including phenoxy) is 2. The molecular formula is C23H30N6O2. The second-order valence-corrected chi connectivity index (χ2v) is 7.95.